The van der Waals surface area contributed by atoms with Crippen LogP contribution >= 0.6 is 38.5 Å². The molecule has 120 valence electrons. The summed E-state index contributed by atoms with van der Waals surface area (Å²) >= 11 is 4.80. The molecule has 4 nitrogen and oxygen atoms in total. The molecule has 0 amide bonds. The molecule has 0 heterocycles. The summed E-state index contributed by atoms with van der Waals surface area (Å²) in [5.41, 5.74) is 0.296. The van der Waals surface area contributed by atoms with Crippen LogP contribution in [0.5, 0.6) is 0 Å². The molecular formula is C14H12BrF2IO4. The zero-order valence-corrected chi connectivity index (χ0v) is 15.2. The van der Waals surface area contributed by atoms with Crippen LogP contribution in [0.25, 0.3) is 0 Å². The van der Waals surface area contributed by atoms with Gasteiger partial charge in [0.25, 0.3) is 0 Å². The van der Waals surface area contributed by atoms with Crippen molar-refractivity contribution >= 4 is 50.5 Å². The third-order valence-corrected chi connectivity index (χ3v) is 3.46. The molecule has 0 radical (unpaired) electrons. The lowest BCUT2D eigenvalue weighted by Crippen LogP contribution is -2.29. The van der Waals surface area contributed by atoms with Gasteiger partial charge in [0.2, 0.25) is 0 Å². The van der Waals surface area contributed by atoms with Crippen LogP contribution in [-0.4, -0.2) is 31.1 Å². The molecule has 1 aromatic carbocycles. The summed E-state index contributed by atoms with van der Waals surface area (Å²) in [5.74, 6) is -6.03. The van der Waals surface area contributed by atoms with Crippen LogP contribution in [0.3, 0.4) is 0 Å². The second-order valence-electron chi connectivity index (χ2n) is 4.02. The van der Waals surface area contributed by atoms with E-state index in [-0.39, 0.29) is 16.8 Å². The average Bonchev–Trinajstić information content (AvgIpc) is 2.45. The second kappa shape index (κ2) is 8.56. The zero-order valence-electron chi connectivity index (χ0n) is 11.4. The SMILES string of the molecule is CCOC(=O)C(F)(F)C=C(I)COC(=O)c1ccc(Br)cc1. The first-order valence-corrected chi connectivity index (χ1v) is 7.98. The van der Waals surface area contributed by atoms with Crippen molar-refractivity contribution in [1.29, 1.82) is 0 Å². The maximum atomic E-state index is 13.4. The van der Waals surface area contributed by atoms with Crippen LogP contribution in [0.2, 0.25) is 0 Å². The van der Waals surface area contributed by atoms with E-state index in [9.17, 15) is 18.4 Å². The highest BCUT2D eigenvalue weighted by Gasteiger charge is 2.38. The molecule has 0 spiro atoms. The summed E-state index contributed by atoms with van der Waals surface area (Å²) in [6.07, 6.45) is 0.417. The molecule has 0 aliphatic rings. The molecule has 0 saturated heterocycles. The number of rotatable bonds is 6. The molecule has 0 unspecified atom stereocenters. The summed E-state index contributed by atoms with van der Waals surface area (Å²) in [7, 11) is 0. The summed E-state index contributed by atoms with van der Waals surface area (Å²) in [5, 5.41) is 0. The van der Waals surface area contributed by atoms with Crippen molar-refractivity contribution in [2.45, 2.75) is 12.8 Å². The molecule has 0 aromatic heterocycles. The standard InChI is InChI=1S/C14H12BrF2IO4/c1-2-21-13(20)14(16,17)7-11(18)8-22-12(19)9-3-5-10(15)6-4-9/h3-7H,2,8H2,1H3. The van der Waals surface area contributed by atoms with E-state index in [0.29, 0.717) is 11.6 Å². The topological polar surface area (TPSA) is 52.6 Å². The Kier molecular flexibility index (Phi) is 7.40. The van der Waals surface area contributed by atoms with Gasteiger partial charge in [-0.3, -0.25) is 0 Å². The van der Waals surface area contributed by atoms with Crippen LogP contribution in [0.1, 0.15) is 17.3 Å². The van der Waals surface area contributed by atoms with Crippen molar-refractivity contribution in [3.8, 4) is 0 Å². The van der Waals surface area contributed by atoms with Gasteiger partial charge in [-0.1, -0.05) is 15.9 Å². The Hall–Kier alpha value is -1.03. The van der Waals surface area contributed by atoms with E-state index in [4.69, 9.17) is 4.74 Å². The number of benzene rings is 1. The minimum Gasteiger partial charge on any atom is -0.461 e. The maximum Gasteiger partial charge on any atom is 0.381 e. The molecule has 0 aliphatic carbocycles. The van der Waals surface area contributed by atoms with Gasteiger partial charge in [-0.25, -0.2) is 9.59 Å². The summed E-state index contributed by atoms with van der Waals surface area (Å²) < 4.78 is 36.9. The van der Waals surface area contributed by atoms with Crippen LogP contribution in [0, 0.1) is 0 Å². The number of hydrogen-bond donors (Lipinski definition) is 0. The van der Waals surface area contributed by atoms with Crippen molar-refractivity contribution < 1.29 is 27.8 Å². The first-order chi connectivity index (χ1) is 10.3. The number of halogens is 4. The van der Waals surface area contributed by atoms with Gasteiger partial charge in [0.15, 0.2) is 0 Å². The lowest BCUT2D eigenvalue weighted by molar-refractivity contribution is -0.164. The fraction of sp³-hybridized carbons (Fsp3) is 0.286. The Balaban J connectivity index is 2.63. The molecule has 0 fully saturated rings. The Bertz CT molecular complexity index is 573. The van der Waals surface area contributed by atoms with E-state index in [1.165, 1.54) is 19.1 Å². The van der Waals surface area contributed by atoms with Crippen molar-refractivity contribution in [2.75, 3.05) is 13.2 Å². The van der Waals surface area contributed by atoms with Gasteiger partial charge in [0.05, 0.1) is 12.2 Å². The number of carbonyl (C=O) groups excluding carboxylic acids is 2. The van der Waals surface area contributed by atoms with Gasteiger partial charge in [0, 0.05) is 14.1 Å². The number of alkyl halides is 2. The second-order valence-corrected chi connectivity index (χ2v) is 6.32. The number of carbonyl (C=O) groups is 2. The number of esters is 2. The predicted molar refractivity (Wildman–Crippen MR) is 88.1 cm³/mol. The van der Waals surface area contributed by atoms with Crippen molar-refractivity contribution in [1.82, 2.24) is 0 Å². The van der Waals surface area contributed by atoms with E-state index >= 15 is 0 Å². The molecule has 1 aromatic rings. The Morgan fingerprint density at radius 3 is 2.41 bits per heavy atom. The molecular weight excluding hydrogens is 477 g/mol. The van der Waals surface area contributed by atoms with E-state index < -0.39 is 17.9 Å². The van der Waals surface area contributed by atoms with Gasteiger partial charge < -0.3 is 9.47 Å². The van der Waals surface area contributed by atoms with Crippen molar-refractivity contribution in [3.05, 3.63) is 44.0 Å². The number of ether oxygens (including phenoxy) is 2. The van der Waals surface area contributed by atoms with E-state index in [0.717, 1.165) is 4.47 Å². The van der Waals surface area contributed by atoms with Crippen molar-refractivity contribution in [3.63, 3.8) is 0 Å². The van der Waals surface area contributed by atoms with Gasteiger partial charge in [0.1, 0.15) is 6.61 Å². The summed E-state index contributed by atoms with van der Waals surface area (Å²) in [6.45, 7) is 0.935. The summed E-state index contributed by atoms with van der Waals surface area (Å²) in [4.78, 5) is 22.8. The highest BCUT2D eigenvalue weighted by atomic mass is 127. The third-order valence-electron chi connectivity index (χ3n) is 2.31. The Morgan fingerprint density at radius 2 is 1.86 bits per heavy atom. The monoisotopic (exact) mass is 488 g/mol. The highest BCUT2D eigenvalue weighted by Crippen LogP contribution is 2.22. The number of hydrogen-bond acceptors (Lipinski definition) is 4. The first kappa shape index (κ1) is 19.0. The maximum absolute atomic E-state index is 13.4. The minimum atomic E-state index is -3.75. The van der Waals surface area contributed by atoms with Crippen LogP contribution in [-0.2, 0) is 14.3 Å². The fourth-order valence-electron chi connectivity index (χ4n) is 1.33. The Morgan fingerprint density at radius 1 is 1.27 bits per heavy atom. The average molecular weight is 489 g/mol. The van der Waals surface area contributed by atoms with Gasteiger partial charge >= 0.3 is 17.9 Å². The van der Waals surface area contributed by atoms with Gasteiger partial charge in [-0.15, -0.1) is 0 Å². The van der Waals surface area contributed by atoms with Crippen molar-refractivity contribution in [2.24, 2.45) is 0 Å². The molecule has 0 aliphatic heterocycles. The van der Waals surface area contributed by atoms with E-state index in [2.05, 4.69) is 20.7 Å². The van der Waals surface area contributed by atoms with Gasteiger partial charge in [-0.05, 0) is 53.8 Å². The Labute approximate surface area is 148 Å². The largest absolute Gasteiger partial charge is 0.461 e. The molecule has 1 rings (SSSR count). The lowest BCUT2D eigenvalue weighted by Gasteiger charge is -2.11. The molecule has 8 heteroatoms. The molecule has 0 bridgehead atoms. The smallest absolute Gasteiger partial charge is 0.381 e. The van der Waals surface area contributed by atoms with E-state index in [1.54, 1.807) is 34.7 Å². The minimum absolute atomic E-state index is 0.0149. The van der Waals surface area contributed by atoms with Crippen LogP contribution in [0.15, 0.2) is 38.4 Å². The molecule has 0 N–H and O–H groups in total. The fourth-order valence-corrected chi connectivity index (χ4v) is 2.14. The predicted octanol–water partition coefficient (Wildman–Crippen LogP) is 4.12. The van der Waals surface area contributed by atoms with Gasteiger partial charge in [-0.2, -0.15) is 8.78 Å². The molecule has 22 heavy (non-hydrogen) atoms. The normalized spacial score (nSPS) is 12.0. The third kappa shape index (κ3) is 5.99. The highest BCUT2D eigenvalue weighted by molar-refractivity contribution is 14.1. The molecule has 0 atom stereocenters. The lowest BCUT2D eigenvalue weighted by atomic mass is 10.2. The van der Waals surface area contributed by atoms with Crippen LogP contribution < -0.4 is 0 Å². The summed E-state index contributed by atoms with van der Waals surface area (Å²) in [6, 6.07) is 6.39. The van der Waals surface area contributed by atoms with E-state index in [1.807, 2.05) is 0 Å². The van der Waals surface area contributed by atoms with Crippen LogP contribution in [0.4, 0.5) is 8.78 Å². The first-order valence-electron chi connectivity index (χ1n) is 6.11. The zero-order chi connectivity index (χ0) is 16.8. The quantitative estimate of drug-likeness (QED) is 0.446. The molecule has 0 saturated carbocycles.